The van der Waals surface area contributed by atoms with Crippen molar-refractivity contribution in [2.24, 2.45) is 0 Å². The van der Waals surface area contributed by atoms with Gasteiger partial charge in [0.15, 0.2) is 5.76 Å². The molecule has 2 aromatic carbocycles. The molecule has 0 aliphatic heterocycles. The molecule has 2 unspecified atom stereocenters. The molecule has 4 rings (SSSR count). The number of methoxy groups -OCH3 is 1. The van der Waals surface area contributed by atoms with Crippen molar-refractivity contribution < 1.29 is 9.16 Å². The second-order valence-corrected chi connectivity index (χ2v) is 12.1. The molecule has 3 heteroatoms. The van der Waals surface area contributed by atoms with Crippen LogP contribution in [0.5, 0.6) is 0 Å². The van der Waals surface area contributed by atoms with Crippen LogP contribution in [-0.4, -0.2) is 15.4 Å². The van der Waals surface area contributed by atoms with Crippen molar-refractivity contribution in [2.45, 2.75) is 31.5 Å². The van der Waals surface area contributed by atoms with Crippen LogP contribution in [0.25, 0.3) is 11.8 Å². The van der Waals surface area contributed by atoms with Crippen LogP contribution in [0.3, 0.4) is 0 Å². The molecule has 128 valence electrons. The van der Waals surface area contributed by atoms with Gasteiger partial charge in [-0.25, -0.2) is 0 Å². The van der Waals surface area contributed by atoms with Gasteiger partial charge in [0.05, 0.1) is 13.0 Å². The minimum absolute atomic E-state index is 0.174. The number of hydrogen-bond donors (Lipinski definition) is 0. The molecule has 0 aromatic heterocycles. The van der Waals surface area contributed by atoms with E-state index in [0.29, 0.717) is 0 Å². The van der Waals surface area contributed by atoms with Crippen LogP contribution in [0.15, 0.2) is 60.4 Å². The molecule has 0 fully saturated rings. The summed E-state index contributed by atoms with van der Waals surface area (Å²) in [6.07, 6.45) is 4.54. The molecule has 0 spiro atoms. The quantitative estimate of drug-likeness (QED) is 0.654. The average Bonchev–Trinajstić information content (AvgIpc) is 3.13. The first kappa shape index (κ1) is 16.2. The fourth-order valence-electron chi connectivity index (χ4n) is 3.95. The van der Waals surface area contributed by atoms with E-state index >= 15 is 0 Å². The summed E-state index contributed by atoms with van der Waals surface area (Å²) in [6, 6.07) is 17.2. The highest BCUT2D eigenvalue weighted by Gasteiger charge is 2.41. The summed E-state index contributed by atoms with van der Waals surface area (Å²) in [6.45, 7) is 6.65. The van der Waals surface area contributed by atoms with E-state index in [2.05, 4.69) is 80.3 Å². The van der Waals surface area contributed by atoms with E-state index in [1.807, 2.05) is 0 Å². The van der Waals surface area contributed by atoms with Crippen LogP contribution < -0.4 is 0 Å². The van der Waals surface area contributed by atoms with Crippen LogP contribution in [0, 0.1) is 0 Å². The summed E-state index contributed by atoms with van der Waals surface area (Å²) in [5.74, 6) is 2.37. The Bertz CT molecular complexity index is 874. The van der Waals surface area contributed by atoms with Crippen molar-refractivity contribution in [2.75, 3.05) is 7.11 Å². The van der Waals surface area contributed by atoms with E-state index in [9.17, 15) is 0 Å². The second-order valence-electron chi connectivity index (χ2n) is 7.69. The normalized spacial score (nSPS) is 21.3. The number of hydrogen-bond acceptors (Lipinski definition) is 2. The van der Waals surface area contributed by atoms with Gasteiger partial charge in [0.1, 0.15) is 5.76 Å². The van der Waals surface area contributed by atoms with Gasteiger partial charge in [-0.1, -0.05) is 60.7 Å². The molecule has 2 nitrogen and oxygen atoms in total. The van der Waals surface area contributed by atoms with E-state index in [4.69, 9.17) is 9.16 Å². The Hall–Kier alpha value is -2.26. The van der Waals surface area contributed by atoms with E-state index in [1.165, 1.54) is 22.3 Å². The van der Waals surface area contributed by atoms with E-state index in [1.54, 1.807) is 7.11 Å². The average molecular weight is 349 g/mol. The van der Waals surface area contributed by atoms with Crippen molar-refractivity contribution in [1.29, 1.82) is 0 Å². The Morgan fingerprint density at radius 1 is 0.880 bits per heavy atom. The third-order valence-electron chi connectivity index (χ3n) is 4.87. The first-order valence-corrected chi connectivity index (χ1v) is 12.2. The maximum atomic E-state index is 6.48. The van der Waals surface area contributed by atoms with Crippen LogP contribution in [0.4, 0.5) is 0 Å². The molecule has 0 radical (unpaired) electrons. The fraction of sp³-hybridized carbons (Fsp3) is 0.273. The van der Waals surface area contributed by atoms with Crippen molar-refractivity contribution in [3.63, 3.8) is 0 Å². The van der Waals surface area contributed by atoms with Crippen LogP contribution in [0.1, 0.15) is 34.1 Å². The first-order chi connectivity index (χ1) is 12.0. The van der Waals surface area contributed by atoms with Gasteiger partial charge in [-0.15, -0.1) is 0 Å². The lowest BCUT2D eigenvalue weighted by Gasteiger charge is -2.24. The molecular formula is C22H24O2Si. The van der Waals surface area contributed by atoms with Gasteiger partial charge in [0.2, 0.25) is 8.32 Å². The Morgan fingerprint density at radius 3 is 2.28 bits per heavy atom. The molecule has 0 heterocycles. The number of rotatable bonds is 4. The molecule has 25 heavy (non-hydrogen) atoms. The van der Waals surface area contributed by atoms with Crippen molar-refractivity contribution in [3.8, 4) is 0 Å². The van der Waals surface area contributed by atoms with Crippen molar-refractivity contribution >= 4 is 20.2 Å². The van der Waals surface area contributed by atoms with Gasteiger partial charge in [-0.05, 0) is 36.3 Å². The van der Waals surface area contributed by atoms with Gasteiger partial charge in [0, 0.05) is 11.5 Å². The highest BCUT2D eigenvalue weighted by molar-refractivity contribution is 6.70. The largest absolute Gasteiger partial charge is 0.542 e. The Kier molecular flexibility index (Phi) is 3.84. The molecule has 2 aliphatic carbocycles. The standard InChI is InChI=1S/C22H24O2Si/c1-23-22-20(18-14-13-15-9-5-6-10-16(15)18)17-11-7-8-12-19(17)21(22)24-25(2,3)4/h5-14,18,20H,1-4H3. The Labute approximate surface area is 150 Å². The first-order valence-electron chi connectivity index (χ1n) is 8.83. The molecule has 0 saturated heterocycles. The topological polar surface area (TPSA) is 18.5 Å². The zero-order chi connectivity index (χ0) is 17.6. The maximum Gasteiger partial charge on any atom is 0.242 e. The number of allylic oxidation sites excluding steroid dienone is 2. The maximum absolute atomic E-state index is 6.48. The Balaban J connectivity index is 1.86. The highest BCUT2D eigenvalue weighted by atomic mass is 28.4. The second kappa shape index (κ2) is 5.92. The van der Waals surface area contributed by atoms with E-state index in [0.717, 1.165) is 11.5 Å². The summed E-state index contributed by atoms with van der Waals surface area (Å²) in [7, 11) is 0.0247. The van der Waals surface area contributed by atoms with Crippen molar-refractivity contribution in [3.05, 3.63) is 82.6 Å². The zero-order valence-corrected chi connectivity index (χ0v) is 16.2. The molecule has 2 aliphatic rings. The molecule has 0 bridgehead atoms. The lowest BCUT2D eigenvalue weighted by molar-refractivity contribution is 0.255. The minimum Gasteiger partial charge on any atom is -0.542 e. The summed E-state index contributed by atoms with van der Waals surface area (Å²) < 4.78 is 12.4. The minimum atomic E-state index is -1.75. The van der Waals surface area contributed by atoms with Crippen LogP contribution in [-0.2, 0) is 9.16 Å². The molecule has 2 aromatic rings. The predicted molar refractivity (Wildman–Crippen MR) is 106 cm³/mol. The van der Waals surface area contributed by atoms with Crippen molar-refractivity contribution in [1.82, 2.24) is 0 Å². The molecular weight excluding hydrogens is 324 g/mol. The third-order valence-corrected chi connectivity index (χ3v) is 5.69. The van der Waals surface area contributed by atoms with Gasteiger partial charge in [0.25, 0.3) is 0 Å². The smallest absolute Gasteiger partial charge is 0.242 e. The zero-order valence-electron chi connectivity index (χ0n) is 15.2. The number of benzene rings is 2. The predicted octanol–water partition coefficient (Wildman–Crippen LogP) is 5.76. The lowest BCUT2D eigenvalue weighted by Crippen LogP contribution is -2.24. The van der Waals surface area contributed by atoms with Gasteiger partial charge in [-0.3, -0.25) is 0 Å². The van der Waals surface area contributed by atoms with Gasteiger partial charge < -0.3 is 9.16 Å². The monoisotopic (exact) mass is 348 g/mol. The van der Waals surface area contributed by atoms with Crippen LogP contribution >= 0.6 is 0 Å². The molecule has 2 atom stereocenters. The van der Waals surface area contributed by atoms with Crippen LogP contribution in [0.2, 0.25) is 19.6 Å². The lowest BCUT2D eigenvalue weighted by atomic mass is 9.83. The summed E-state index contributed by atoms with van der Waals surface area (Å²) >= 11 is 0. The Morgan fingerprint density at radius 2 is 1.56 bits per heavy atom. The van der Waals surface area contributed by atoms with Gasteiger partial charge >= 0.3 is 0 Å². The SMILES string of the molecule is COC1=C(O[Si](C)(C)C)c2ccccc2C1C1C=Cc2ccccc21. The van der Waals surface area contributed by atoms with E-state index in [-0.39, 0.29) is 11.8 Å². The number of fused-ring (bicyclic) bond motifs is 2. The van der Waals surface area contributed by atoms with E-state index < -0.39 is 8.32 Å². The fourth-order valence-corrected chi connectivity index (χ4v) is 4.77. The summed E-state index contributed by atoms with van der Waals surface area (Å²) in [5.41, 5.74) is 5.16. The molecule has 0 N–H and O–H groups in total. The summed E-state index contributed by atoms with van der Waals surface area (Å²) in [5, 5.41) is 0. The van der Waals surface area contributed by atoms with Gasteiger partial charge in [-0.2, -0.15) is 0 Å². The number of ether oxygens (including phenoxy) is 1. The highest BCUT2D eigenvalue weighted by Crippen LogP contribution is 2.52. The summed E-state index contributed by atoms with van der Waals surface area (Å²) in [4.78, 5) is 0. The molecule has 0 saturated carbocycles. The molecule has 0 amide bonds. The third kappa shape index (κ3) is 2.73.